The maximum Gasteiger partial charge on any atom is 0.276 e. The molecule has 1 fully saturated rings. The molecule has 1 aromatic rings. The first kappa shape index (κ1) is 8.22. The topological polar surface area (TPSA) is 61.9 Å². The van der Waals surface area contributed by atoms with E-state index in [1.807, 2.05) is 7.05 Å². The van der Waals surface area contributed by atoms with Crippen LogP contribution in [0.1, 0.15) is 29.8 Å². The highest BCUT2D eigenvalue weighted by atomic mass is 16.2. The smallest absolute Gasteiger partial charge is 0.276 e. The number of rotatable bonds is 2. The molecule has 0 spiro atoms. The third-order valence-corrected chi connectivity index (χ3v) is 2.58. The van der Waals surface area contributed by atoms with Gasteiger partial charge in [-0.3, -0.25) is 4.79 Å². The van der Waals surface area contributed by atoms with Gasteiger partial charge in [0.25, 0.3) is 5.91 Å². The third kappa shape index (κ3) is 1.41. The summed E-state index contributed by atoms with van der Waals surface area (Å²) in [6.07, 6.45) is 4.90. The zero-order valence-electron chi connectivity index (χ0n) is 7.53. The second-order valence-corrected chi connectivity index (χ2v) is 3.36. The Labute approximate surface area is 76.1 Å². The Morgan fingerprint density at radius 2 is 2.46 bits per heavy atom. The molecule has 1 aliphatic carbocycles. The van der Waals surface area contributed by atoms with E-state index >= 15 is 0 Å². The molecule has 0 bridgehead atoms. The van der Waals surface area contributed by atoms with Crippen LogP contribution in [0.3, 0.4) is 0 Å². The van der Waals surface area contributed by atoms with Crippen LogP contribution in [0.15, 0.2) is 6.20 Å². The fourth-order valence-electron chi connectivity index (χ4n) is 1.43. The molecule has 0 radical (unpaired) electrons. The predicted molar refractivity (Wildman–Crippen MR) is 46.1 cm³/mol. The summed E-state index contributed by atoms with van der Waals surface area (Å²) in [6, 6.07) is 0.407. The molecule has 0 saturated heterocycles. The van der Waals surface area contributed by atoms with Gasteiger partial charge < -0.3 is 4.90 Å². The van der Waals surface area contributed by atoms with Crippen molar-refractivity contribution in [3.63, 3.8) is 0 Å². The molecule has 0 aliphatic heterocycles. The van der Waals surface area contributed by atoms with Gasteiger partial charge in [0.2, 0.25) is 0 Å². The minimum absolute atomic E-state index is 0.0431. The number of carbonyl (C=O) groups excluding carboxylic acids is 1. The number of H-pyrrole nitrogens is 1. The summed E-state index contributed by atoms with van der Waals surface area (Å²) < 4.78 is 0. The number of nitrogens with one attached hydrogen (secondary N) is 1. The number of nitrogens with zero attached hydrogens (tertiary/aromatic N) is 3. The lowest BCUT2D eigenvalue weighted by Gasteiger charge is -2.34. The first-order valence-electron chi connectivity index (χ1n) is 4.42. The van der Waals surface area contributed by atoms with Crippen LogP contribution in [0.5, 0.6) is 0 Å². The molecule has 70 valence electrons. The molecule has 0 aromatic carbocycles. The maximum atomic E-state index is 11.6. The molecule has 1 heterocycles. The average molecular weight is 180 g/mol. The van der Waals surface area contributed by atoms with Crippen molar-refractivity contribution < 1.29 is 4.79 Å². The predicted octanol–water partition coefficient (Wildman–Crippen LogP) is 0.429. The number of carbonyl (C=O) groups is 1. The van der Waals surface area contributed by atoms with Crippen LogP contribution in [-0.2, 0) is 0 Å². The van der Waals surface area contributed by atoms with Gasteiger partial charge in [0.05, 0.1) is 6.20 Å². The van der Waals surface area contributed by atoms with Gasteiger partial charge in [0.15, 0.2) is 5.69 Å². The summed E-state index contributed by atoms with van der Waals surface area (Å²) in [5, 5.41) is 9.79. The van der Waals surface area contributed by atoms with Gasteiger partial charge in [0.1, 0.15) is 0 Å². The Bertz CT molecular complexity index is 291. The van der Waals surface area contributed by atoms with E-state index in [0.717, 1.165) is 12.8 Å². The molecule has 1 aromatic heterocycles. The summed E-state index contributed by atoms with van der Waals surface area (Å²) >= 11 is 0. The Morgan fingerprint density at radius 1 is 1.69 bits per heavy atom. The van der Waals surface area contributed by atoms with Crippen LogP contribution in [0.4, 0.5) is 0 Å². The Balaban J connectivity index is 2.04. The molecule has 1 N–H and O–H groups in total. The minimum Gasteiger partial charge on any atom is -0.337 e. The standard InChI is InChI=1S/C8H12N4O/c1-12(6-3-2-4-6)8(13)7-5-9-11-10-7/h5-6H,2-4H2,1H3,(H,9,10,11). The Kier molecular flexibility index (Phi) is 2.00. The van der Waals surface area contributed by atoms with Gasteiger partial charge >= 0.3 is 0 Å². The maximum absolute atomic E-state index is 11.6. The summed E-state index contributed by atoms with van der Waals surface area (Å²) in [5.41, 5.74) is 0.398. The van der Waals surface area contributed by atoms with E-state index < -0.39 is 0 Å². The van der Waals surface area contributed by atoms with E-state index in [4.69, 9.17) is 0 Å². The van der Waals surface area contributed by atoms with Gasteiger partial charge in [-0.1, -0.05) is 0 Å². The van der Waals surface area contributed by atoms with Crippen LogP contribution in [0.2, 0.25) is 0 Å². The van der Waals surface area contributed by atoms with E-state index in [1.165, 1.54) is 12.6 Å². The highest BCUT2D eigenvalue weighted by Crippen LogP contribution is 2.24. The zero-order chi connectivity index (χ0) is 9.26. The van der Waals surface area contributed by atoms with Gasteiger partial charge in [-0.25, -0.2) is 0 Å². The first-order valence-corrected chi connectivity index (χ1v) is 4.42. The largest absolute Gasteiger partial charge is 0.337 e. The monoisotopic (exact) mass is 180 g/mol. The second-order valence-electron chi connectivity index (χ2n) is 3.36. The van der Waals surface area contributed by atoms with Crippen molar-refractivity contribution in [3.8, 4) is 0 Å². The fourth-order valence-corrected chi connectivity index (χ4v) is 1.43. The van der Waals surface area contributed by atoms with Crippen LogP contribution in [0.25, 0.3) is 0 Å². The van der Waals surface area contributed by atoms with Gasteiger partial charge in [-0.2, -0.15) is 15.4 Å². The van der Waals surface area contributed by atoms with Crippen molar-refractivity contribution >= 4 is 5.91 Å². The lowest BCUT2D eigenvalue weighted by Crippen LogP contribution is -2.41. The van der Waals surface area contributed by atoms with E-state index in [-0.39, 0.29) is 5.91 Å². The normalized spacial score (nSPS) is 16.7. The van der Waals surface area contributed by atoms with Gasteiger partial charge in [-0.15, -0.1) is 0 Å². The molecule has 0 unspecified atom stereocenters. The summed E-state index contributed by atoms with van der Waals surface area (Å²) in [4.78, 5) is 13.4. The van der Waals surface area contributed by atoms with Crippen LogP contribution in [0, 0.1) is 0 Å². The molecular formula is C8H12N4O. The first-order chi connectivity index (χ1) is 6.29. The van der Waals surface area contributed by atoms with E-state index in [0.29, 0.717) is 11.7 Å². The van der Waals surface area contributed by atoms with Crippen molar-refractivity contribution in [3.05, 3.63) is 11.9 Å². The van der Waals surface area contributed by atoms with Crippen molar-refractivity contribution in [2.24, 2.45) is 0 Å². The number of aromatic nitrogens is 3. The number of hydrogen-bond donors (Lipinski definition) is 1. The number of hydrogen-bond acceptors (Lipinski definition) is 3. The quantitative estimate of drug-likeness (QED) is 0.717. The highest BCUT2D eigenvalue weighted by molar-refractivity contribution is 5.91. The number of amides is 1. The van der Waals surface area contributed by atoms with E-state index in [2.05, 4.69) is 15.4 Å². The van der Waals surface area contributed by atoms with Crippen molar-refractivity contribution in [2.75, 3.05) is 7.05 Å². The molecule has 5 nitrogen and oxygen atoms in total. The summed E-state index contributed by atoms with van der Waals surface area (Å²) in [6.45, 7) is 0. The minimum atomic E-state index is -0.0431. The lowest BCUT2D eigenvalue weighted by atomic mass is 9.92. The summed E-state index contributed by atoms with van der Waals surface area (Å²) in [7, 11) is 1.82. The molecule has 1 aliphatic rings. The van der Waals surface area contributed by atoms with Crippen LogP contribution >= 0.6 is 0 Å². The molecule has 1 saturated carbocycles. The molecule has 1 amide bonds. The SMILES string of the molecule is CN(C(=O)c1cn[nH]n1)C1CCC1. The fraction of sp³-hybridized carbons (Fsp3) is 0.625. The number of aromatic amines is 1. The van der Waals surface area contributed by atoms with Gasteiger partial charge in [-0.05, 0) is 19.3 Å². The average Bonchev–Trinajstić information content (AvgIpc) is 2.51. The molecule has 2 rings (SSSR count). The van der Waals surface area contributed by atoms with E-state index in [9.17, 15) is 4.79 Å². The van der Waals surface area contributed by atoms with Crippen LogP contribution in [-0.4, -0.2) is 39.3 Å². The van der Waals surface area contributed by atoms with Crippen molar-refractivity contribution in [2.45, 2.75) is 25.3 Å². The Morgan fingerprint density at radius 3 is 2.92 bits per heavy atom. The molecular weight excluding hydrogens is 168 g/mol. The lowest BCUT2D eigenvalue weighted by molar-refractivity contribution is 0.0646. The van der Waals surface area contributed by atoms with E-state index in [1.54, 1.807) is 4.90 Å². The van der Waals surface area contributed by atoms with Gasteiger partial charge in [0, 0.05) is 13.1 Å². The van der Waals surface area contributed by atoms with Crippen molar-refractivity contribution in [1.29, 1.82) is 0 Å². The third-order valence-electron chi connectivity index (χ3n) is 2.58. The summed E-state index contributed by atoms with van der Waals surface area (Å²) in [5.74, 6) is -0.0431. The second kappa shape index (κ2) is 3.16. The molecule has 0 atom stereocenters. The molecule has 5 heteroatoms. The van der Waals surface area contributed by atoms with Crippen molar-refractivity contribution in [1.82, 2.24) is 20.3 Å². The zero-order valence-corrected chi connectivity index (χ0v) is 7.53. The van der Waals surface area contributed by atoms with Crippen LogP contribution < -0.4 is 0 Å². The molecule has 13 heavy (non-hydrogen) atoms. The highest BCUT2D eigenvalue weighted by Gasteiger charge is 2.27. The Hall–Kier alpha value is -1.39.